The SMILES string of the molecule is COCCNC(=O)c1ccc(OC(C)C)c(Cl)c1. The van der Waals surface area contributed by atoms with Gasteiger partial charge in [-0.15, -0.1) is 0 Å². The summed E-state index contributed by atoms with van der Waals surface area (Å²) in [5, 5.41) is 3.16. The molecule has 0 aliphatic heterocycles. The van der Waals surface area contributed by atoms with Crippen molar-refractivity contribution in [2.45, 2.75) is 20.0 Å². The Kier molecular flexibility index (Phi) is 5.95. The lowest BCUT2D eigenvalue weighted by atomic mass is 10.2. The standard InChI is InChI=1S/C13H18ClNO3/c1-9(2)18-12-5-4-10(8-11(12)14)13(16)15-6-7-17-3/h4-5,8-9H,6-7H2,1-3H3,(H,15,16). The first-order chi connectivity index (χ1) is 8.54. The van der Waals surface area contributed by atoms with E-state index in [0.29, 0.717) is 29.5 Å². The molecule has 0 radical (unpaired) electrons. The zero-order chi connectivity index (χ0) is 13.5. The lowest BCUT2D eigenvalue weighted by molar-refractivity contribution is 0.0937. The van der Waals surface area contributed by atoms with Gasteiger partial charge in [0.1, 0.15) is 5.75 Å². The molecule has 1 amide bonds. The van der Waals surface area contributed by atoms with E-state index >= 15 is 0 Å². The summed E-state index contributed by atoms with van der Waals surface area (Å²) in [6, 6.07) is 4.99. The van der Waals surface area contributed by atoms with E-state index in [2.05, 4.69) is 5.32 Å². The topological polar surface area (TPSA) is 47.6 Å². The number of amides is 1. The second-order valence-corrected chi connectivity index (χ2v) is 4.47. The van der Waals surface area contributed by atoms with E-state index in [4.69, 9.17) is 21.1 Å². The molecule has 0 spiro atoms. The Balaban J connectivity index is 2.68. The highest BCUT2D eigenvalue weighted by Crippen LogP contribution is 2.26. The van der Waals surface area contributed by atoms with Crippen molar-refractivity contribution < 1.29 is 14.3 Å². The molecule has 5 heteroatoms. The van der Waals surface area contributed by atoms with Crippen LogP contribution >= 0.6 is 11.6 Å². The molecule has 1 aromatic carbocycles. The normalized spacial score (nSPS) is 10.5. The third kappa shape index (κ3) is 4.55. The van der Waals surface area contributed by atoms with Crippen LogP contribution in [-0.2, 0) is 4.74 Å². The molecule has 0 heterocycles. The minimum Gasteiger partial charge on any atom is -0.489 e. The van der Waals surface area contributed by atoms with E-state index in [1.165, 1.54) is 0 Å². The van der Waals surface area contributed by atoms with Crippen LogP contribution in [0.15, 0.2) is 18.2 Å². The molecule has 4 nitrogen and oxygen atoms in total. The summed E-state index contributed by atoms with van der Waals surface area (Å²) in [6.07, 6.45) is 0.0453. The van der Waals surface area contributed by atoms with Gasteiger partial charge in [-0.1, -0.05) is 11.6 Å². The Labute approximate surface area is 112 Å². The van der Waals surface area contributed by atoms with Gasteiger partial charge in [-0.05, 0) is 32.0 Å². The number of carbonyl (C=O) groups excluding carboxylic acids is 1. The lowest BCUT2D eigenvalue weighted by Gasteiger charge is -2.12. The van der Waals surface area contributed by atoms with Crippen LogP contribution in [0, 0.1) is 0 Å². The quantitative estimate of drug-likeness (QED) is 0.809. The molecular formula is C13H18ClNO3. The summed E-state index contributed by atoms with van der Waals surface area (Å²) in [5.74, 6) is 0.408. The van der Waals surface area contributed by atoms with Gasteiger partial charge >= 0.3 is 0 Å². The largest absolute Gasteiger partial charge is 0.489 e. The first kappa shape index (κ1) is 14.8. The molecule has 1 N–H and O–H groups in total. The fraction of sp³-hybridized carbons (Fsp3) is 0.462. The second kappa shape index (κ2) is 7.24. The summed E-state index contributed by atoms with van der Waals surface area (Å²) in [4.78, 5) is 11.7. The number of hydrogen-bond donors (Lipinski definition) is 1. The Morgan fingerprint density at radius 1 is 1.44 bits per heavy atom. The van der Waals surface area contributed by atoms with Crippen molar-refractivity contribution in [2.75, 3.05) is 20.3 Å². The highest BCUT2D eigenvalue weighted by molar-refractivity contribution is 6.32. The van der Waals surface area contributed by atoms with Gasteiger partial charge in [0.15, 0.2) is 0 Å². The Morgan fingerprint density at radius 3 is 2.72 bits per heavy atom. The Hall–Kier alpha value is -1.26. The average Bonchev–Trinajstić information content (AvgIpc) is 2.31. The van der Waals surface area contributed by atoms with E-state index in [1.807, 2.05) is 13.8 Å². The Bertz CT molecular complexity index is 407. The maximum atomic E-state index is 11.7. The van der Waals surface area contributed by atoms with Crippen LogP contribution in [0.3, 0.4) is 0 Å². The van der Waals surface area contributed by atoms with Crippen LogP contribution in [0.5, 0.6) is 5.75 Å². The zero-order valence-electron chi connectivity index (χ0n) is 10.8. The van der Waals surface area contributed by atoms with Crippen molar-refractivity contribution in [1.82, 2.24) is 5.32 Å². The second-order valence-electron chi connectivity index (χ2n) is 4.06. The van der Waals surface area contributed by atoms with Gasteiger partial charge in [0.25, 0.3) is 5.91 Å². The molecule has 0 saturated heterocycles. The molecule has 0 fully saturated rings. The van der Waals surface area contributed by atoms with E-state index in [0.717, 1.165) is 0 Å². The van der Waals surface area contributed by atoms with Gasteiger partial charge in [0, 0.05) is 19.2 Å². The molecule has 0 aliphatic carbocycles. The van der Waals surface area contributed by atoms with Gasteiger partial charge in [-0.2, -0.15) is 0 Å². The molecule has 0 atom stereocenters. The van der Waals surface area contributed by atoms with Crippen molar-refractivity contribution in [3.63, 3.8) is 0 Å². The van der Waals surface area contributed by atoms with Crippen molar-refractivity contribution >= 4 is 17.5 Å². The van der Waals surface area contributed by atoms with Gasteiger partial charge in [-0.3, -0.25) is 4.79 Å². The first-order valence-electron chi connectivity index (χ1n) is 5.78. The summed E-state index contributed by atoms with van der Waals surface area (Å²) in [7, 11) is 1.58. The molecule has 1 rings (SSSR count). The molecule has 18 heavy (non-hydrogen) atoms. The number of ether oxygens (including phenoxy) is 2. The van der Waals surface area contributed by atoms with Crippen LogP contribution in [0.25, 0.3) is 0 Å². The number of halogens is 1. The highest BCUT2D eigenvalue weighted by Gasteiger charge is 2.09. The van der Waals surface area contributed by atoms with Crippen molar-refractivity contribution in [3.8, 4) is 5.75 Å². The Morgan fingerprint density at radius 2 is 2.17 bits per heavy atom. The summed E-state index contributed by atoms with van der Waals surface area (Å²) < 4.78 is 10.3. The summed E-state index contributed by atoms with van der Waals surface area (Å²) >= 11 is 6.05. The van der Waals surface area contributed by atoms with Crippen LogP contribution in [0.4, 0.5) is 0 Å². The smallest absolute Gasteiger partial charge is 0.251 e. The summed E-state index contributed by atoms with van der Waals surface area (Å²) in [6.45, 7) is 4.79. The van der Waals surface area contributed by atoms with Gasteiger partial charge in [-0.25, -0.2) is 0 Å². The fourth-order valence-corrected chi connectivity index (χ4v) is 1.59. The lowest BCUT2D eigenvalue weighted by Crippen LogP contribution is -2.26. The molecule has 0 aliphatic rings. The minimum atomic E-state index is -0.176. The number of nitrogens with one attached hydrogen (secondary N) is 1. The first-order valence-corrected chi connectivity index (χ1v) is 6.15. The monoisotopic (exact) mass is 271 g/mol. The van der Waals surface area contributed by atoms with Gasteiger partial charge in [0.2, 0.25) is 0 Å². The number of methoxy groups -OCH3 is 1. The van der Waals surface area contributed by atoms with Gasteiger partial charge < -0.3 is 14.8 Å². The van der Waals surface area contributed by atoms with E-state index in [1.54, 1.807) is 25.3 Å². The van der Waals surface area contributed by atoms with Crippen molar-refractivity contribution in [1.29, 1.82) is 0 Å². The molecule has 0 bridgehead atoms. The van der Waals surface area contributed by atoms with Crippen molar-refractivity contribution in [3.05, 3.63) is 28.8 Å². The van der Waals surface area contributed by atoms with Crippen LogP contribution in [-0.4, -0.2) is 32.3 Å². The number of hydrogen-bond acceptors (Lipinski definition) is 3. The molecule has 0 aromatic heterocycles. The maximum Gasteiger partial charge on any atom is 0.251 e. The van der Waals surface area contributed by atoms with Crippen LogP contribution in [0.1, 0.15) is 24.2 Å². The molecule has 0 unspecified atom stereocenters. The molecule has 0 saturated carbocycles. The van der Waals surface area contributed by atoms with E-state index < -0.39 is 0 Å². The molecule has 1 aromatic rings. The van der Waals surface area contributed by atoms with Gasteiger partial charge in [0.05, 0.1) is 17.7 Å². The predicted octanol–water partition coefficient (Wildman–Crippen LogP) is 2.50. The van der Waals surface area contributed by atoms with E-state index in [9.17, 15) is 4.79 Å². The maximum absolute atomic E-state index is 11.7. The fourth-order valence-electron chi connectivity index (χ4n) is 1.36. The molecule has 100 valence electrons. The summed E-state index contributed by atoms with van der Waals surface area (Å²) in [5.41, 5.74) is 0.507. The average molecular weight is 272 g/mol. The van der Waals surface area contributed by atoms with Crippen molar-refractivity contribution in [2.24, 2.45) is 0 Å². The van der Waals surface area contributed by atoms with Crippen LogP contribution in [0.2, 0.25) is 5.02 Å². The number of carbonyl (C=O) groups is 1. The number of benzene rings is 1. The predicted molar refractivity (Wildman–Crippen MR) is 71.4 cm³/mol. The van der Waals surface area contributed by atoms with E-state index in [-0.39, 0.29) is 12.0 Å². The third-order valence-corrected chi connectivity index (χ3v) is 2.44. The molecular weight excluding hydrogens is 254 g/mol. The van der Waals surface area contributed by atoms with Crippen LogP contribution < -0.4 is 10.1 Å². The highest BCUT2D eigenvalue weighted by atomic mass is 35.5. The third-order valence-electron chi connectivity index (χ3n) is 2.15. The zero-order valence-corrected chi connectivity index (χ0v) is 11.6. The minimum absolute atomic E-state index is 0.0453. The number of rotatable bonds is 6.